The fourth-order valence-electron chi connectivity index (χ4n) is 1.93. The number of hydrogen-bond acceptors (Lipinski definition) is 3. The van der Waals surface area contributed by atoms with E-state index in [1.807, 2.05) is 25.7 Å². The first kappa shape index (κ1) is 12.5. The number of rotatable bonds is 3. The van der Waals surface area contributed by atoms with Crippen LogP contribution in [-0.4, -0.2) is 43.2 Å². The van der Waals surface area contributed by atoms with Gasteiger partial charge in [0.2, 0.25) is 5.91 Å². The smallest absolute Gasteiger partial charge is 0.227 e. The predicted octanol–water partition coefficient (Wildman–Crippen LogP) is 0.465. The summed E-state index contributed by atoms with van der Waals surface area (Å²) in [5, 5.41) is 0. The first-order valence-corrected chi connectivity index (χ1v) is 5.66. The molecule has 88 valence electrons. The van der Waals surface area contributed by atoms with Crippen LogP contribution in [0.5, 0.6) is 0 Å². The lowest BCUT2D eigenvalue weighted by Crippen LogP contribution is -2.51. The average Bonchev–Trinajstić information content (AvgIpc) is 2.18. The van der Waals surface area contributed by atoms with Crippen molar-refractivity contribution in [1.29, 1.82) is 0 Å². The van der Waals surface area contributed by atoms with Crippen molar-refractivity contribution in [1.82, 2.24) is 4.90 Å². The zero-order chi connectivity index (χ0) is 11.4. The number of carbonyl (C=O) groups is 1. The monoisotopic (exact) mass is 214 g/mol. The number of morpholine rings is 1. The van der Waals surface area contributed by atoms with Gasteiger partial charge in [-0.05, 0) is 12.8 Å². The Morgan fingerprint density at radius 2 is 2.27 bits per heavy atom. The van der Waals surface area contributed by atoms with Crippen LogP contribution < -0.4 is 5.73 Å². The van der Waals surface area contributed by atoms with Crippen LogP contribution in [-0.2, 0) is 9.53 Å². The average molecular weight is 214 g/mol. The molecule has 2 atom stereocenters. The van der Waals surface area contributed by atoms with Crippen molar-refractivity contribution in [2.24, 2.45) is 17.6 Å². The Morgan fingerprint density at radius 1 is 1.60 bits per heavy atom. The Kier molecular flexibility index (Phi) is 4.54. The Balaban J connectivity index is 2.64. The van der Waals surface area contributed by atoms with Crippen LogP contribution >= 0.6 is 0 Å². The summed E-state index contributed by atoms with van der Waals surface area (Å²) in [5.41, 5.74) is 5.65. The third kappa shape index (κ3) is 2.92. The highest BCUT2D eigenvalue weighted by molar-refractivity contribution is 5.79. The van der Waals surface area contributed by atoms with Crippen molar-refractivity contribution in [2.45, 2.75) is 26.8 Å². The van der Waals surface area contributed by atoms with Gasteiger partial charge in [-0.1, -0.05) is 13.8 Å². The van der Waals surface area contributed by atoms with Gasteiger partial charge in [-0.15, -0.1) is 0 Å². The summed E-state index contributed by atoms with van der Waals surface area (Å²) in [6.45, 7) is 8.52. The van der Waals surface area contributed by atoms with Crippen LogP contribution in [0.3, 0.4) is 0 Å². The van der Waals surface area contributed by atoms with Gasteiger partial charge in [0.1, 0.15) is 0 Å². The summed E-state index contributed by atoms with van der Waals surface area (Å²) < 4.78 is 5.31. The molecule has 0 aliphatic carbocycles. The van der Waals surface area contributed by atoms with Gasteiger partial charge >= 0.3 is 0 Å². The Morgan fingerprint density at radius 3 is 2.73 bits per heavy atom. The van der Waals surface area contributed by atoms with Crippen LogP contribution in [0.15, 0.2) is 0 Å². The fraction of sp³-hybridized carbons (Fsp3) is 0.909. The molecule has 0 aromatic heterocycles. The lowest BCUT2D eigenvalue weighted by molar-refractivity contribution is -0.144. The predicted molar refractivity (Wildman–Crippen MR) is 59.4 cm³/mol. The van der Waals surface area contributed by atoms with Crippen LogP contribution in [0.25, 0.3) is 0 Å². The second-order valence-electron chi connectivity index (χ2n) is 4.54. The minimum absolute atomic E-state index is 0.0504. The van der Waals surface area contributed by atoms with E-state index in [0.717, 1.165) is 0 Å². The molecule has 0 saturated carbocycles. The van der Waals surface area contributed by atoms with E-state index in [1.54, 1.807) is 0 Å². The number of hydrogen-bond donors (Lipinski definition) is 1. The maximum Gasteiger partial charge on any atom is 0.227 e. The zero-order valence-corrected chi connectivity index (χ0v) is 9.90. The second kappa shape index (κ2) is 5.47. The van der Waals surface area contributed by atoms with Crippen LogP contribution in [0.1, 0.15) is 20.8 Å². The minimum atomic E-state index is -0.0504. The first-order valence-electron chi connectivity index (χ1n) is 5.66. The molecule has 1 heterocycles. The Hall–Kier alpha value is -0.610. The zero-order valence-electron chi connectivity index (χ0n) is 9.90. The molecule has 15 heavy (non-hydrogen) atoms. The van der Waals surface area contributed by atoms with Crippen molar-refractivity contribution in [3.05, 3.63) is 0 Å². The lowest BCUT2D eigenvalue weighted by Gasteiger charge is -2.36. The van der Waals surface area contributed by atoms with Crippen molar-refractivity contribution in [3.8, 4) is 0 Å². The standard InChI is InChI=1S/C11H22N2O2/c1-8(2)10(6-12)11(14)13-4-5-15-7-9(13)3/h8-10H,4-7,12H2,1-3H3. The van der Waals surface area contributed by atoms with Gasteiger partial charge < -0.3 is 15.4 Å². The normalized spacial score (nSPS) is 24.3. The molecular weight excluding hydrogens is 192 g/mol. The number of nitrogens with two attached hydrogens (primary N) is 1. The van der Waals surface area contributed by atoms with E-state index in [0.29, 0.717) is 32.2 Å². The molecule has 1 saturated heterocycles. The topological polar surface area (TPSA) is 55.6 Å². The molecular formula is C11H22N2O2. The van der Waals surface area contributed by atoms with E-state index in [4.69, 9.17) is 10.5 Å². The van der Waals surface area contributed by atoms with Crippen molar-refractivity contribution in [2.75, 3.05) is 26.3 Å². The third-order valence-corrected chi connectivity index (χ3v) is 3.03. The minimum Gasteiger partial charge on any atom is -0.377 e. The molecule has 0 spiro atoms. The molecule has 2 unspecified atom stereocenters. The molecule has 4 nitrogen and oxygen atoms in total. The van der Waals surface area contributed by atoms with Gasteiger partial charge in [-0.2, -0.15) is 0 Å². The lowest BCUT2D eigenvalue weighted by atomic mass is 9.94. The van der Waals surface area contributed by atoms with Crippen LogP contribution in [0, 0.1) is 11.8 Å². The largest absolute Gasteiger partial charge is 0.377 e. The molecule has 1 amide bonds. The summed E-state index contributed by atoms with van der Waals surface area (Å²) in [4.78, 5) is 14.1. The highest BCUT2D eigenvalue weighted by Gasteiger charge is 2.30. The Bertz CT molecular complexity index is 219. The number of nitrogens with zero attached hydrogens (tertiary/aromatic N) is 1. The number of amides is 1. The van der Waals surface area contributed by atoms with Gasteiger partial charge in [0, 0.05) is 13.1 Å². The second-order valence-corrected chi connectivity index (χ2v) is 4.54. The molecule has 2 N–H and O–H groups in total. The van der Waals surface area contributed by atoms with Gasteiger partial charge in [-0.25, -0.2) is 0 Å². The molecule has 0 aromatic rings. The van der Waals surface area contributed by atoms with E-state index < -0.39 is 0 Å². The SMILES string of the molecule is CC(C)C(CN)C(=O)N1CCOCC1C. The maximum atomic E-state index is 12.2. The molecule has 1 aliphatic heterocycles. The van der Waals surface area contributed by atoms with Crippen LogP contribution in [0.2, 0.25) is 0 Å². The van der Waals surface area contributed by atoms with E-state index in [1.165, 1.54) is 0 Å². The molecule has 1 aliphatic rings. The van der Waals surface area contributed by atoms with E-state index in [-0.39, 0.29) is 17.9 Å². The van der Waals surface area contributed by atoms with E-state index in [2.05, 4.69) is 0 Å². The van der Waals surface area contributed by atoms with E-state index >= 15 is 0 Å². The molecule has 0 aromatic carbocycles. The van der Waals surface area contributed by atoms with Crippen molar-refractivity contribution in [3.63, 3.8) is 0 Å². The van der Waals surface area contributed by atoms with Crippen molar-refractivity contribution >= 4 is 5.91 Å². The van der Waals surface area contributed by atoms with Crippen LogP contribution in [0.4, 0.5) is 0 Å². The highest BCUT2D eigenvalue weighted by Crippen LogP contribution is 2.16. The molecule has 4 heteroatoms. The Labute approximate surface area is 91.8 Å². The molecule has 0 bridgehead atoms. The van der Waals surface area contributed by atoms with E-state index in [9.17, 15) is 4.79 Å². The summed E-state index contributed by atoms with van der Waals surface area (Å²) in [7, 11) is 0. The van der Waals surface area contributed by atoms with Crippen molar-refractivity contribution < 1.29 is 9.53 Å². The van der Waals surface area contributed by atoms with Gasteiger partial charge in [-0.3, -0.25) is 4.79 Å². The van der Waals surface area contributed by atoms with Gasteiger partial charge in [0.05, 0.1) is 25.2 Å². The fourth-order valence-corrected chi connectivity index (χ4v) is 1.93. The summed E-state index contributed by atoms with van der Waals surface area (Å²) in [6, 6.07) is 0.180. The third-order valence-electron chi connectivity index (χ3n) is 3.03. The summed E-state index contributed by atoms with van der Waals surface area (Å²) in [6.07, 6.45) is 0. The first-order chi connectivity index (χ1) is 7.07. The quantitative estimate of drug-likeness (QED) is 0.743. The molecule has 1 rings (SSSR count). The number of ether oxygens (including phenoxy) is 1. The molecule has 1 fully saturated rings. The molecule has 0 radical (unpaired) electrons. The maximum absolute atomic E-state index is 12.2. The van der Waals surface area contributed by atoms with Gasteiger partial charge in [0.15, 0.2) is 0 Å². The number of carbonyl (C=O) groups excluding carboxylic acids is 1. The van der Waals surface area contributed by atoms with Gasteiger partial charge in [0.25, 0.3) is 0 Å². The summed E-state index contributed by atoms with van der Waals surface area (Å²) >= 11 is 0. The summed E-state index contributed by atoms with van der Waals surface area (Å²) in [5.74, 6) is 0.436. The highest BCUT2D eigenvalue weighted by atomic mass is 16.5.